The molecule has 6 heteroatoms. The van der Waals surface area contributed by atoms with Crippen molar-refractivity contribution in [2.45, 2.75) is 0 Å². The van der Waals surface area contributed by atoms with Gasteiger partial charge in [0, 0.05) is 6.20 Å². The number of carbonyl (C=O) groups is 1. The van der Waals surface area contributed by atoms with Crippen molar-refractivity contribution in [2.75, 3.05) is 4.72 Å². The fourth-order valence-corrected chi connectivity index (χ4v) is 1.63. The number of carbonyl (C=O) groups excluding carboxylic acids is 1. The van der Waals surface area contributed by atoms with Crippen LogP contribution in [0.5, 0.6) is 0 Å². The predicted octanol–water partition coefficient (Wildman–Crippen LogP) is -0.184. The molecule has 0 saturated heterocycles. The molecule has 5 nitrogen and oxygen atoms in total. The van der Waals surface area contributed by atoms with Gasteiger partial charge in [-0.25, -0.2) is 4.21 Å². The van der Waals surface area contributed by atoms with Crippen molar-refractivity contribution >= 4 is 22.8 Å². The Balaban J connectivity index is 2.54. The van der Waals surface area contributed by atoms with E-state index in [0.29, 0.717) is 11.3 Å². The van der Waals surface area contributed by atoms with Crippen LogP contribution in [0.25, 0.3) is 0 Å². The van der Waals surface area contributed by atoms with Crippen LogP contribution in [0.3, 0.4) is 0 Å². The second-order valence-corrected chi connectivity index (χ2v) is 3.17. The standard InChI is InChI=1S/C6H5N3O2S/c10-6-4-1-2-7-3-5(4)8-12(11)9-6/h1-3,8H,(H,9,10)/t12-/m1/s1. The van der Waals surface area contributed by atoms with Crippen LogP contribution in [0.1, 0.15) is 10.4 Å². The summed E-state index contributed by atoms with van der Waals surface area (Å²) in [6.07, 6.45) is 2.97. The topological polar surface area (TPSA) is 71.1 Å². The molecule has 1 atom stereocenters. The predicted molar refractivity (Wildman–Crippen MR) is 43.5 cm³/mol. The van der Waals surface area contributed by atoms with Crippen LogP contribution in [0.2, 0.25) is 0 Å². The lowest BCUT2D eigenvalue weighted by atomic mass is 10.2. The molecule has 1 aromatic rings. The summed E-state index contributed by atoms with van der Waals surface area (Å²) < 4.78 is 15.7. The average molecular weight is 183 g/mol. The lowest BCUT2D eigenvalue weighted by molar-refractivity contribution is 0.0982. The third kappa shape index (κ3) is 1.06. The highest BCUT2D eigenvalue weighted by Crippen LogP contribution is 2.16. The highest BCUT2D eigenvalue weighted by atomic mass is 32.2. The number of fused-ring (bicyclic) bond motifs is 1. The third-order valence-corrected chi connectivity index (χ3v) is 2.23. The van der Waals surface area contributed by atoms with E-state index in [2.05, 4.69) is 14.4 Å². The van der Waals surface area contributed by atoms with Gasteiger partial charge in [-0.15, -0.1) is 0 Å². The van der Waals surface area contributed by atoms with Crippen molar-refractivity contribution in [3.8, 4) is 0 Å². The number of rotatable bonds is 0. The van der Waals surface area contributed by atoms with E-state index in [1.54, 1.807) is 6.07 Å². The largest absolute Gasteiger partial charge is 0.285 e. The highest BCUT2D eigenvalue weighted by molar-refractivity contribution is 7.85. The number of nitrogens with one attached hydrogen (secondary N) is 2. The fourth-order valence-electron chi connectivity index (χ4n) is 0.938. The molecular weight excluding hydrogens is 178 g/mol. The Kier molecular flexibility index (Phi) is 1.54. The maximum absolute atomic E-state index is 11.1. The summed E-state index contributed by atoms with van der Waals surface area (Å²) in [6.45, 7) is 0. The normalized spacial score (nSPS) is 20.7. The van der Waals surface area contributed by atoms with Gasteiger partial charge in [0.05, 0.1) is 17.4 Å². The summed E-state index contributed by atoms with van der Waals surface area (Å²) in [5.74, 6) is -0.343. The van der Waals surface area contributed by atoms with Crippen molar-refractivity contribution < 1.29 is 9.00 Å². The minimum Gasteiger partial charge on any atom is -0.285 e. The number of aromatic nitrogens is 1. The second-order valence-electron chi connectivity index (χ2n) is 2.22. The van der Waals surface area contributed by atoms with Gasteiger partial charge in [0.25, 0.3) is 5.91 Å². The number of amides is 1. The van der Waals surface area contributed by atoms with E-state index in [0.717, 1.165) is 0 Å². The molecule has 0 unspecified atom stereocenters. The van der Waals surface area contributed by atoms with E-state index in [1.807, 2.05) is 0 Å². The van der Waals surface area contributed by atoms with E-state index in [-0.39, 0.29) is 5.91 Å². The Morgan fingerprint density at radius 2 is 2.25 bits per heavy atom. The van der Waals surface area contributed by atoms with Crippen LogP contribution in [-0.2, 0) is 11.2 Å². The summed E-state index contributed by atoms with van der Waals surface area (Å²) in [5.41, 5.74) is 0.962. The highest BCUT2D eigenvalue weighted by Gasteiger charge is 2.19. The van der Waals surface area contributed by atoms with Crippen LogP contribution in [0.4, 0.5) is 5.69 Å². The van der Waals surface area contributed by atoms with E-state index >= 15 is 0 Å². The Labute approximate surface area is 70.9 Å². The quantitative estimate of drug-likeness (QED) is 0.586. The van der Waals surface area contributed by atoms with Crippen LogP contribution >= 0.6 is 0 Å². The first-order valence-corrected chi connectivity index (χ1v) is 4.36. The number of nitrogens with zero attached hydrogens (tertiary/aromatic N) is 1. The SMILES string of the molecule is O=C1N[S@](=O)Nc2cnccc21. The molecule has 0 spiro atoms. The second kappa shape index (κ2) is 2.56. The van der Waals surface area contributed by atoms with Crippen LogP contribution in [0.15, 0.2) is 18.5 Å². The molecular formula is C6H5N3O2S. The number of pyridine rings is 1. The maximum Gasteiger partial charge on any atom is 0.266 e. The minimum absolute atomic E-state index is 0.343. The summed E-state index contributed by atoms with van der Waals surface area (Å²) in [7, 11) is 0. The third-order valence-electron chi connectivity index (χ3n) is 1.45. The molecule has 0 fully saturated rings. The Hall–Kier alpha value is -1.43. The van der Waals surface area contributed by atoms with E-state index in [9.17, 15) is 9.00 Å². The van der Waals surface area contributed by atoms with E-state index in [4.69, 9.17) is 0 Å². The summed E-state index contributed by atoms with van der Waals surface area (Å²) >= 11 is -1.52. The first kappa shape index (κ1) is 7.23. The van der Waals surface area contributed by atoms with Gasteiger partial charge in [-0.05, 0) is 6.07 Å². The minimum atomic E-state index is -1.52. The lowest BCUT2D eigenvalue weighted by Crippen LogP contribution is -2.35. The molecule has 12 heavy (non-hydrogen) atoms. The van der Waals surface area contributed by atoms with Gasteiger partial charge in [0.2, 0.25) is 11.2 Å². The summed E-state index contributed by atoms with van der Waals surface area (Å²) in [4.78, 5) is 14.9. The summed E-state index contributed by atoms with van der Waals surface area (Å²) in [6, 6.07) is 1.56. The molecule has 0 aliphatic carbocycles. The summed E-state index contributed by atoms with van der Waals surface area (Å²) in [5, 5.41) is 0. The molecule has 2 heterocycles. The van der Waals surface area contributed by atoms with Gasteiger partial charge in [0.15, 0.2) is 0 Å². The van der Waals surface area contributed by atoms with Gasteiger partial charge in [-0.1, -0.05) is 0 Å². The van der Waals surface area contributed by atoms with Gasteiger partial charge in [0.1, 0.15) is 0 Å². The molecule has 62 valence electrons. The Morgan fingerprint density at radius 3 is 3.08 bits per heavy atom. The van der Waals surface area contributed by atoms with Crippen LogP contribution < -0.4 is 9.44 Å². The number of hydrogen-bond acceptors (Lipinski definition) is 3. The van der Waals surface area contributed by atoms with Gasteiger partial charge < -0.3 is 0 Å². The van der Waals surface area contributed by atoms with Gasteiger partial charge in [-0.3, -0.25) is 19.2 Å². The molecule has 0 saturated carbocycles. The van der Waals surface area contributed by atoms with E-state index in [1.165, 1.54) is 12.4 Å². The first-order valence-electron chi connectivity index (χ1n) is 3.21. The lowest BCUT2D eigenvalue weighted by Gasteiger charge is -2.15. The zero-order valence-corrected chi connectivity index (χ0v) is 6.72. The Bertz CT molecular complexity index is 366. The molecule has 0 radical (unpaired) electrons. The molecule has 1 aliphatic heterocycles. The van der Waals surface area contributed by atoms with Crippen molar-refractivity contribution in [2.24, 2.45) is 0 Å². The molecule has 2 N–H and O–H groups in total. The molecule has 1 amide bonds. The van der Waals surface area contributed by atoms with Crippen LogP contribution in [-0.4, -0.2) is 15.1 Å². The molecule has 1 aliphatic rings. The van der Waals surface area contributed by atoms with Crippen molar-refractivity contribution in [1.29, 1.82) is 0 Å². The van der Waals surface area contributed by atoms with Gasteiger partial charge >= 0.3 is 0 Å². The number of hydrogen-bond donors (Lipinski definition) is 2. The molecule has 1 aromatic heterocycles. The zero-order valence-electron chi connectivity index (χ0n) is 5.90. The van der Waals surface area contributed by atoms with Crippen molar-refractivity contribution in [3.63, 3.8) is 0 Å². The van der Waals surface area contributed by atoms with Crippen molar-refractivity contribution in [1.82, 2.24) is 9.71 Å². The van der Waals surface area contributed by atoms with Crippen molar-refractivity contribution in [3.05, 3.63) is 24.0 Å². The average Bonchev–Trinajstić information content (AvgIpc) is 2.04. The zero-order chi connectivity index (χ0) is 8.55. The monoisotopic (exact) mass is 183 g/mol. The smallest absolute Gasteiger partial charge is 0.266 e. The molecule has 2 rings (SSSR count). The first-order chi connectivity index (χ1) is 5.77. The van der Waals surface area contributed by atoms with Gasteiger partial charge in [-0.2, -0.15) is 0 Å². The number of anilines is 1. The van der Waals surface area contributed by atoms with E-state index < -0.39 is 11.2 Å². The fraction of sp³-hybridized carbons (Fsp3) is 0. The maximum atomic E-state index is 11.1. The molecule has 0 aromatic carbocycles. The Morgan fingerprint density at radius 1 is 1.42 bits per heavy atom. The van der Waals surface area contributed by atoms with Crippen LogP contribution in [0, 0.1) is 0 Å². The molecule has 0 bridgehead atoms.